The van der Waals surface area contributed by atoms with Crippen molar-refractivity contribution in [3.8, 4) is 0 Å². The normalized spacial score (nSPS) is 18.2. The lowest BCUT2D eigenvalue weighted by atomic mass is 10.2. The molecule has 164 valence electrons. The van der Waals surface area contributed by atoms with Crippen LogP contribution in [0.15, 0.2) is 53.7 Å². The van der Waals surface area contributed by atoms with Crippen LogP contribution in [-0.4, -0.2) is 55.4 Å². The Morgan fingerprint density at radius 2 is 2.19 bits per heavy atom. The van der Waals surface area contributed by atoms with Gasteiger partial charge in [-0.25, -0.2) is 4.98 Å². The van der Waals surface area contributed by atoms with E-state index in [1.807, 2.05) is 24.4 Å². The number of aliphatic imine (C=N–C) groups is 1. The minimum atomic E-state index is -0.590. The number of fused-ring (bicyclic) bond motifs is 1. The summed E-state index contributed by atoms with van der Waals surface area (Å²) in [5.74, 6) is 1.62. The van der Waals surface area contributed by atoms with Crippen LogP contribution in [0.1, 0.15) is 23.5 Å². The zero-order chi connectivity index (χ0) is 21.6. The van der Waals surface area contributed by atoms with E-state index >= 15 is 0 Å². The quantitative estimate of drug-likeness (QED) is 0.405. The summed E-state index contributed by atoms with van der Waals surface area (Å²) in [4.78, 5) is 12.1. The third-order valence-corrected chi connectivity index (χ3v) is 6.51. The number of nitrogens with zero attached hydrogens (tertiary/aromatic N) is 3. The second kappa shape index (κ2) is 10.1. The van der Waals surface area contributed by atoms with Gasteiger partial charge in [-0.2, -0.15) is 0 Å². The molecule has 0 aliphatic carbocycles. The molecule has 1 aliphatic heterocycles. The Kier molecular flexibility index (Phi) is 7.01. The van der Waals surface area contributed by atoms with Gasteiger partial charge in [0.2, 0.25) is 0 Å². The molecule has 3 aromatic rings. The molecule has 1 fully saturated rings. The summed E-state index contributed by atoms with van der Waals surface area (Å²) in [5, 5.41) is 18.2. The molecule has 3 N–H and O–H groups in total. The first-order chi connectivity index (χ1) is 15.1. The lowest BCUT2D eigenvalue weighted by Gasteiger charge is -2.32. The summed E-state index contributed by atoms with van der Waals surface area (Å²) in [6.07, 6.45) is 1.53. The van der Waals surface area contributed by atoms with E-state index in [9.17, 15) is 5.11 Å². The number of hydrogen-bond acceptors (Lipinski definition) is 6. The highest BCUT2D eigenvalue weighted by Gasteiger charge is 2.17. The van der Waals surface area contributed by atoms with E-state index in [1.54, 1.807) is 18.4 Å². The molecule has 2 atom stereocenters. The number of benzene rings is 1. The minimum absolute atomic E-state index is 0.231. The predicted molar refractivity (Wildman–Crippen MR) is 127 cm³/mol. The molecule has 0 saturated carbocycles. The van der Waals surface area contributed by atoms with Gasteiger partial charge in [-0.3, -0.25) is 4.99 Å². The molecule has 0 radical (unpaired) electrons. The summed E-state index contributed by atoms with van der Waals surface area (Å²) in [6, 6.07) is 14.3. The second-order valence-electron chi connectivity index (χ2n) is 7.66. The third kappa shape index (κ3) is 5.52. The van der Waals surface area contributed by atoms with E-state index in [-0.39, 0.29) is 6.10 Å². The first-order valence-corrected chi connectivity index (χ1v) is 11.4. The molecule has 31 heavy (non-hydrogen) atoms. The SMILES string of the molecule is CN=C(NCc1ccc(N2CCOC(C)C2)nc1)NCC(O)c1cc2ccccc2s1. The number of morpholine rings is 1. The van der Waals surface area contributed by atoms with Crippen molar-refractivity contribution in [3.63, 3.8) is 0 Å². The molecule has 4 rings (SSSR count). The highest BCUT2D eigenvalue weighted by molar-refractivity contribution is 7.19. The van der Waals surface area contributed by atoms with Crippen LogP contribution in [-0.2, 0) is 11.3 Å². The first-order valence-electron chi connectivity index (χ1n) is 10.5. The second-order valence-corrected chi connectivity index (χ2v) is 8.78. The Balaban J connectivity index is 1.27. The number of ether oxygens (including phenoxy) is 1. The Morgan fingerprint density at radius 1 is 1.32 bits per heavy atom. The Morgan fingerprint density at radius 3 is 2.94 bits per heavy atom. The molecule has 1 aliphatic rings. The van der Waals surface area contributed by atoms with Crippen LogP contribution in [0.3, 0.4) is 0 Å². The number of pyridine rings is 1. The highest BCUT2D eigenvalue weighted by Crippen LogP contribution is 2.29. The molecule has 2 unspecified atom stereocenters. The van der Waals surface area contributed by atoms with Gasteiger partial charge in [0, 0.05) is 49.0 Å². The van der Waals surface area contributed by atoms with Gasteiger partial charge >= 0.3 is 0 Å². The number of nitrogens with one attached hydrogen (secondary N) is 2. The molecule has 2 aromatic heterocycles. The van der Waals surface area contributed by atoms with Crippen molar-refractivity contribution < 1.29 is 9.84 Å². The van der Waals surface area contributed by atoms with Gasteiger partial charge in [0.25, 0.3) is 0 Å². The molecule has 8 heteroatoms. The topological polar surface area (TPSA) is 82.0 Å². The van der Waals surface area contributed by atoms with Gasteiger partial charge in [0.15, 0.2) is 5.96 Å². The van der Waals surface area contributed by atoms with Gasteiger partial charge in [-0.15, -0.1) is 11.3 Å². The number of thiophene rings is 1. The average Bonchev–Trinajstić information content (AvgIpc) is 3.24. The number of rotatable bonds is 6. The number of hydrogen-bond donors (Lipinski definition) is 3. The molecule has 7 nitrogen and oxygen atoms in total. The molecule has 1 aromatic carbocycles. The lowest BCUT2D eigenvalue weighted by Crippen LogP contribution is -2.41. The van der Waals surface area contributed by atoms with E-state index in [2.05, 4.69) is 56.7 Å². The molecule has 0 bridgehead atoms. The summed E-state index contributed by atoms with van der Waals surface area (Å²) in [5.41, 5.74) is 1.07. The van der Waals surface area contributed by atoms with Crippen LogP contribution in [0, 0.1) is 0 Å². The summed E-state index contributed by atoms with van der Waals surface area (Å²) in [6.45, 7) is 5.55. The van der Waals surface area contributed by atoms with Crippen LogP contribution >= 0.6 is 11.3 Å². The van der Waals surface area contributed by atoms with Crippen molar-refractivity contribution in [1.29, 1.82) is 0 Å². The molecule has 0 amide bonds. The molecular weight excluding hydrogens is 410 g/mol. The number of aliphatic hydroxyl groups is 1. The summed E-state index contributed by atoms with van der Waals surface area (Å²) < 4.78 is 6.78. The van der Waals surface area contributed by atoms with Crippen LogP contribution < -0.4 is 15.5 Å². The molecule has 3 heterocycles. The van der Waals surface area contributed by atoms with E-state index < -0.39 is 6.10 Å². The summed E-state index contributed by atoms with van der Waals surface area (Å²) >= 11 is 1.62. The van der Waals surface area contributed by atoms with E-state index in [1.165, 1.54) is 4.70 Å². The molecular formula is C23H29N5O2S. The maximum Gasteiger partial charge on any atom is 0.191 e. The van der Waals surface area contributed by atoms with Crippen molar-refractivity contribution in [1.82, 2.24) is 15.6 Å². The van der Waals surface area contributed by atoms with Crippen LogP contribution in [0.2, 0.25) is 0 Å². The van der Waals surface area contributed by atoms with E-state index in [0.29, 0.717) is 19.0 Å². The van der Waals surface area contributed by atoms with Crippen LogP contribution in [0.25, 0.3) is 10.1 Å². The average molecular weight is 440 g/mol. The monoisotopic (exact) mass is 439 g/mol. The Bertz CT molecular complexity index is 987. The number of anilines is 1. The summed E-state index contributed by atoms with van der Waals surface area (Å²) in [7, 11) is 1.72. The van der Waals surface area contributed by atoms with Gasteiger partial charge in [0.1, 0.15) is 11.9 Å². The first kappa shape index (κ1) is 21.5. The number of aliphatic hydroxyl groups excluding tert-OH is 1. The van der Waals surface area contributed by atoms with Crippen molar-refractivity contribution in [2.75, 3.05) is 38.2 Å². The maximum absolute atomic E-state index is 10.6. The maximum atomic E-state index is 10.6. The van der Waals surface area contributed by atoms with Crippen molar-refractivity contribution in [2.45, 2.75) is 25.7 Å². The minimum Gasteiger partial charge on any atom is -0.386 e. The fourth-order valence-corrected chi connectivity index (χ4v) is 4.65. The smallest absolute Gasteiger partial charge is 0.191 e. The van der Waals surface area contributed by atoms with Gasteiger partial charge in [-0.1, -0.05) is 24.3 Å². The zero-order valence-corrected chi connectivity index (χ0v) is 18.7. The molecule has 0 spiro atoms. The van der Waals surface area contributed by atoms with Crippen LogP contribution in [0.5, 0.6) is 0 Å². The predicted octanol–water partition coefficient (Wildman–Crippen LogP) is 2.92. The fourth-order valence-electron chi connectivity index (χ4n) is 3.60. The van der Waals surface area contributed by atoms with Gasteiger partial charge in [0.05, 0.1) is 12.7 Å². The van der Waals surface area contributed by atoms with Gasteiger partial charge in [-0.05, 0) is 36.1 Å². The van der Waals surface area contributed by atoms with E-state index in [4.69, 9.17) is 4.74 Å². The van der Waals surface area contributed by atoms with Gasteiger partial charge < -0.3 is 25.4 Å². The highest BCUT2D eigenvalue weighted by atomic mass is 32.1. The number of aromatic nitrogens is 1. The number of guanidine groups is 1. The molecule has 1 saturated heterocycles. The third-order valence-electron chi connectivity index (χ3n) is 5.29. The van der Waals surface area contributed by atoms with Crippen molar-refractivity contribution in [2.24, 2.45) is 4.99 Å². The fraction of sp³-hybridized carbons (Fsp3) is 0.391. The standard InChI is InChI=1S/C23H29N5O2S/c1-16-15-28(9-10-30-16)22-8-7-17(12-25-22)13-26-23(24-2)27-14-19(29)21-11-18-5-3-4-6-20(18)31-21/h3-8,11-12,16,19,29H,9-10,13-15H2,1-2H3,(H2,24,26,27). The lowest BCUT2D eigenvalue weighted by molar-refractivity contribution is 0.0529. The van der Waals surface area contributed by atoms with Crippen molar-refractivity contribution >= 4 is 33.2 Å². The largest absolute Gasteiger partial charge is 0.386 e. The van der Waals surface area contributed by atoms with E-state index in [0.717, 1.165) is 41.3 Å². The Labute approximate surface area is 186 Å². The Hall–Kier alpha value is -2.68. The van der Waals surface area contributed by atoms with Crippen molar-refractivity contribution in [3.05, 3.63) is 59.1 Å². The van der Waals surface area contributed by atoms with Crippen LogP contribution in [0.4, 0.5) is 5.82 Å². The zero-order valence-electron chi connectivity index (χ0n) is 17.9.